The number of carbonyl (C=O) groups excluding carboxylic acids is 1. The van der Waals surface area contributed by atoms with E-state index in [0.29, 0.717) is 22.1 Å². The second kappa shape index (κ2) is 8.19. The fourth-order valence-corrected chi connectivity index (χ4v) is 3.17. The average molecular weight is 431 g/mol. The van der Waals surface area contributed by atoms with Crippen LogP contribution < -0.4 is 11.0 Å². The topological polar surface area (TPSA) is 160 Å². The first-order valence-electron chi connectivity index (χ1n) is 9.43. The molecule has 0 aliphatic rings. The normalized spacial score (nSPS) is 12.3. The number of aliphatic hydroxyl groups excluding tert-OH is 1. The van der Waals surface area contributed by atoms with Crippen LogP contribution in [-0.4, -0.2) is 32.1 Å². The number of hydrogen-bond acceptors (Lipinski definition) is 6. The number of allylic oxidation sites excluding steroid dienone is 1. The van der Waals surface area contributed by atoms with Crippen molar-refractivity contribution in [3.8, 4) is 0 Å². The number of azo groups is 1. The Balaban J connectivity index is 1.65. The van der Waals surface area contributed by atoms with E-state index in [4.69, 9.17) is 0 Å². The number of nitrogens with one attached hydrogen (secondary N) is 3. The van der Waals surface area contributed by atoms with Crippen LogP contribution in [0.3, 0.4) is 0 Å². The van der Waals surface area contributed by atoms with Gasteiger partial charge in [-0.15, -0.1) is 10.2 Å². The van der Waals surface area contributed by atoms with Crippen molar-refractivity contribution in [1.29, 1.82) is 0 Å². The number of benzene rings is 3. The molecule has 0 saturated carbocycles. The molecule has 0 saturated heterocycles. The molecule has 0 aliphatic carbocycles. The molecule has 0 radical (unpaired) electrons. The van der Waals surface area contributed by atoms with Crippen molar-refractivity contribution in [3.05, 3.63) is 82.1 Å². The molecule has 0 spiro atoms. The van der Waals surface area contributed by atoms with Gasteiger partial charge >= 0.3 is 11.7 Å². The largest absolute Gasteiger partial charge is 0.510 e. The van der Waals surface area contributed by atoms with E-state index in [0.717, 1.165) is 5.39 Å². The van der Waals surface area contributed by atoms with Gasteiger partial charge in [-0.05, 0) is 48.0 Å². The highest BCUT2D eigenvalue weighted by molar-refractivity contribution is 6.04. The maximum Gasteiger partial charge on any atom is 0.337 e. The number of hydrogen-bond donors (Lipinski definition) is 5. The number of carboxylic acid groups (broad SMARTS) is 1. The molecule has 0 bridgehead atoms. The van der Waals surface area contributed by atoms with E-state index >= 15 is 0 Å². The van der Waals surface area contributed by atoms with Crippen LogP contribution in [0.15, 0.2) is 81.1 Å². The van der Waals surface area contributed by atoms with Gasteiger partial charge in [0, 0.05) is 5.69 Å². The number of aromatic amines is 2. The number of H-pyrrole nitrogens is 2. The highest BCUT2D eigenvalue weighted by atomic mass is 16.4. The molecule has 10 heteroatoms. The number of nitrogens with zero attached hydrogens (tertiary/aromatic N) is 2. The SMILES string of the molecule is C/C(O)=C(\N=Nc1cc2ccccc2cc1C(=O)O)C(=O)Nc1ccc2[nH]c(=O)[nH]c2c1. The summed E-state index contributed by atoms with van der Waals surface area (Å²) in [6, 6.07) is 14.9. The van der Waals surface area contributed by atoms with Gasteiger partial charge in [-0.25, -0.2) is 9.59 Å². The molecular weight excluding hydrogens is 414 g/mol. The number of aliphatic hydroxyl groups is 1. The van der Waals surface area contributed by atoms with Crippen LogP contribution in [0.25, 0.3) is 21.8 Å². The van der Waals surface area contributed by atoms with Gasteiger partial charge in [0.25, 0.3) is 5.91 Å². The standard InChI is InChI=1S/C22H17N5O5/c1-11(28)19(20(29)23-14-6-7-16-18(10-14)25-22(32)24-16)27-26-17-9-13-5-3-2-4-12(13)8-15(17)21(30)31/h2-10,28H,1H3,(H,23,29)(H,30,31)(H2,24,25,32)/b19-11+,27-26?. The second-order valence-corrected chi connectivity index (χ2v) is 6.95. The summed E-state index contributed by atoms with van der Waals surface area (Å²) in [6.45, 7) is 1.26. The summed E-state index contributed by atoms with van der Waals surface area (Å²) in [5.41, 5.74) is 0.579. The summed E-state index contributed by atoms with van der Waals surface area (Å²) in [7, 11) is 0. The molecule has 0 unspecified atom stereocenters. The van der Waals surface area contributed by atoms with Crippen LogP contribution in [0, 0.1) is 0 Å². The monoisotopic (exact) mass is 431 g/mol. The minimum absolute atomic E-state index is 0.0362. The molecule has 3 aromatic carbocycles. The molecule has 5 N–H and O–H groups in total. The molecule has 1 amide bonds. The lowest BCUT2D eigenvalue weighted by atomic mass is 10.1. The smallest absolute Gasteiger partial charge is 0.337 e. The number of carbonyl (C=O) groups is 2. The molecule has 4 rings (SSSR count). The zero-order valence-corrected chi connectivity index (χ0v) is 16.7. The van der Waals surface area contributed by atoms with Crippen molar-refractivity contribution in [2.75, 3.05) is 5.32 Å². The molecule has 0 aliphatic heterocycles. The number of amides is 1. The number of anilines is 1. The Bertz CT molecular complexity index is 1490. The Hall–Kier alpha value is -4.73. The third-order valence-electron chi connectivity index (χ3n) is 4.68. The van der Waals surface area contributed by atoms with Crippen molar-refractivity contribution >= 4 is 45.1 Å². The van der Waals surface area contributed by atoms with Gasteiger partial charge < -0.3 is 25.5 Å². The summed E-state index contributed by atoms with van der Waals surface area (Å²) < 4.78 is 0. The summed E-state index contributed by atoms with van der Waals surface area (Å²) in [5.74, 6) is -2.36. The highest BCUT2D eigenvalue weighted by Gasteiger charge is 2.16. The predicted octanol–water partition coefficient (Wildman–Crippen LogP) is 4.22. The van der Waals surface area contributed by atoms with E-state index in [-0.39, 0.29) is 16.9 Å². The lowest BCUT2D eigenvalue weighted by Crippen LogP contribution is -2.14. The Labute approximate surface area is 179 Å². The van der Waals surface area contributed by atoms with Crippen LogP contribution in [-0.2, 0) is 4.79 Å². The summed E-state index contributed by atoms with van der Waals surface area (Å²) >= 11 is 0. The van der Waals surface area contributed by atoms with Crippen molar-refractivity contribution in [2.45, 2.75) is 6.92 Å². The number of carboxylic acids is 1. The first kappa shape index (κ1) is 20.5. The molecule has 32 heavy (non-hydrogen) atoms. The van der Waals surface area contributed by atoms with E-state index < -0.39 is 23.3 Å². The van der Waals surface area contributed by atoms with Crippen LogP contribution in [0.1, 0.15) is 17.3 Å². The number of fused-ring (bicyclic) bond motifs is 2. The van der Waals surface area contributed by atoms with Gasteiger partial charge in [-0.3, -0.25) is 4.79 Å². The minimum atomic E-state index is -1.20. The molecular formula is C22H17N5O5. The fourth-order valence-electron chi connectivity index (χ4n) is 3.17. The summed E-state index contributed by atoms with van der Waals surface area (Å²) in [4.78, 5) is 40.9. The van der Waals surface area contributed by atoms with E-state index in [9.17, 15) is 24.6 Å². The first-order chi connectivity index (χ1) is 15.3. The molecule has 160 valence electrons. The van der Waals surface area contributed by atoms with E-state index in [1.807, 2.05) is 0 Å². The number of aromatic carboxylic acids is 1. The zero-order chi connectivity index (χ0) is 22.8. The summed E-state index contributed by atoms with van der Waals surface area (Å²) in [6.07, 6.45) is 0. The fraction of sp³-hybridized carbons (Fsp3) is 0.0455. The maximum absolute atomic E-state index is 12.7. The van der Waals surface area contributed by atoms with E-state index in [1.54, 1.807) is 48.5 Å². The van der Waals surface area contributed by atoms with Crippen LogP contribution in [0.5, 0.6) is 0 Å². The number of aromatic nitrogens is 2. The predicted molar refractivity (Wildman–Crippen MR) is 118 cm³/mol. The van der Waals surface area contributed by atoms with Gasteiger partial charge in [-0.1, -0.05) is 24.3 Å². The van der Waals surface area contributed by atoms with Crippen molar-refractivity contribution < 1.29 is 19.8 Å². The molecule has 1 heterocycles. The lowest BCUT2D eigenvalue weighted by Gasteiger charge is -2.07. The maximum atomic E-state index is 12.7. The van der Waals surface area contributed by atoms with E-state index in [2.05, 4.69) is 25.5 Å². The Morgan fingerprint density at radius 1 is 0.938 bits per heavy atom. The average Bonchev–Trinajstić information content (AvgIpc) is 3.12. The quantitative estimate of drug-likeness (QED) is 0.181. The van der Waals surface area contributed by atoms with E-state index in [1.165, 1.54) is 13.0 Å². The molecule has 0 fully saturated rings. The van der Waals surface area contributed by atoms with Crippen LogP contribution >= 0.6 is 0 Å². The number of rotatable bonds is 5. The molecule has 1 aromatic heterocycles. The molecule has 0 atom stereocenters. The van der Waals surface area contributed by atoms with Gasteiger partial charge in [0.2, 0.25) is 0 Å². The van der Waals surface area contributed by atoms with Gasteiger partial charge in [0.1, 0.15) is 11.4 Å². The van der Waals surface area contributed by atoms with Crippen molar-refractivity contribution in [3.63, 3.8) is 0 Å². The third-order valence-corrected chi connectivity index (χ3v) is 4.68. The summed E-state index contributed by atoms with van der Waals surface area (Å²) in [5, 5.41) is 31.3. The minimum Gasteiger partial charge on any atom is -0.510 e. The van der Waals surface area contributed by atoms with Crippen LogP contribution in [0.4, 0.5) is 11.4 Å². The lowest BCUT2D eigenvalue weighted by molar-refractivity contribution is -0.113. The van der Waals surface area contributed by atoms with Crippen LogP contribution in [0.2, 0.25) is 0 Å². The van der Waals surface area contributed by atoms with Crippen molar-refractivity contribution in [1.82, 2.24) is 9.97 Å². The highest BCUT2D eigenvalue weighted by Crippen LogP contribution is 2.28. The van der Waals surface area contributed by atoms with Crippen molar-refractivity contribution in [2.24, 2.45) is 10.2 Å². The number of imidazole rings is 1. The Kier molecular flexibility index (Phi) is 5.25. The third kappa shape index (κ3) is 4.10. The second-order valence-electron chi connectivity index (χ2n) is 6.95. The first-order valence-corrected chi connectivity index (χ1v) is 9.43. The molecule has 10 nitrogen and oxygen atoms in total. The van der Waals surface area contributed by atoms with Gasteiger partial charge in [0.05, 0.1) is 16.6 Å². The Morgan fingerprint density at radius 3 is 2.31 bits per heavy atom. The zero-order valence-electron chi connectivity index (χ0n) is 16.7. The Morgan fingerprint density at radius 2 is 1.62 bits per heavy atom. The van der Waals surface area contributed by atoms with Gasteiger partial charge in [-0.2, -0.15) is 0 Å². The van der Waals surface area contributed by atoms with Gasteiger partial charge in [0.15, 0.2) is 5.70 Å². The molecule has 4 aromatic rings.